The van der Waals surface area contributed by atoms with Gasteiger partial charge in [-0.05, 0) is 31.2 Å². The van der Waals surface area contributed by atoms with Crippen LogP contribution in [0, 0.1) is 5.41 Å². The smallest absolute Gasteiger partial charge is 0.321 e. The number of amides is 2. The van der Waals surface area contributed by atoms with Gasteiger partial charge in [-0.15, -0.1) is 10.2 Å². The van der Waals surface area contributed by atoms with Crippen LogP contribution in [0.1, 0.15) is 52.9 Å². The number of nitrogens with one attached hydrogen (secondary N) is 2. The van der Waals surface area contributed by atoms with Crippen LogP contribution in [0.5, 0.6) is 0 Å². The molecule has 2 heterocycles. The van der Waals surface area contributed by atoms with Gasteiger partial charge in [-0.25, -0.2) is 4.79 Å². The number of carbonyl (C=O) groups is 1. The van der Waals surface area contributed by atoms with Crippen LogP contribution in [0.4, 0.5) is 15.1 Å². The first kappa shape index (κ1) is 19.4. The van der Waals surface area contributed by atoms with Gasteiger partial charge < -0.3 is 10.2 Å². The number of urea groups is 1. The van der Waals surface area contributed by atoms with Crippen molar-refractivity contribution >= 4 is 27.6 Å². The summed E-state index contributed by atoms with van der Waals surface area (Å²) < 4.78 is 0. The molecule has 0 bridgehead atoms. The van der Waals surface area contributed by atoms with Gasteiger partial charge in [0.25, 0.3) is 0 Å². The van der Waals surface area contributed by atoms with Gasteiger partial charge in [0.2, 0.25) is 10.3 Å². The summed E-state index contributed by atoms with van der Waals surface area (Å²) in [5.74, 6) is 0. The highest BCUT2D eigenvalue weighted by molar-refractivity contribution is 7.19. The fraction of sp³-hybridized carbons (Fsp3) is 0.833. The minimum atomic E-state index is -0.161. The molecule has 2 fully saturated rings. The quantitative estimate of drug-likeness (QED) is 0.821. The van der Waals surface area contributed by atoms with Gasteiger partial charge in [-0.3, -0.25) is 10.2 Å². The Bertz CT molecular complexity index is 585. The van der Waals surface area contributed by atoms with Crippen LogP contribution in [0.3, 0.4) is 0 Å². The molecule has 2 amide bonds. The Morgan fingerprint density at radius 2 is 1.85 bits per heavy atom. The molecule has 26 heavy (non-hydrogen) atoms. The summed E-state index contributed by atoms with van der Waals surface area (Å²) >= 11 is 1.46. The van der Waals surface area contributed by atoms with Crippen LogP contribution in [-0.2, 0) is 0 Å². The van der Waals surface area contributed by atoms with Crippen LogP contribution < -0.4 is 15.5 Å². The molecule has 7 nitrogen and oxygen atoms in total. The maximum atomic E-state index is 12.0. The lowest BCUT2D eigenvalue weighted by atomic mass is 9.92. The summed E-state index contributed by atoms with van der Waals surface area (Å²) in [7, 11) is 0. The van der Waals surface area contributed by atoms with E-state index in [1.807, 2.05) is 0 Å². The van der Waals surface area contributed by atoms with Gasteiger partial charge in [-0.1, -0.05) is 44.9 Å². The first-order valence-electron chi connectivity index (χ1n) is 9.77. The molecule has 1 aliphatic carbocycles. The highest BCUT2D eigenvalue weighted by Gasteiger charge is 2.22. The molecule has 1 aromatic heterocycles. The molecule has 8 heteroatoms. The van der Waals surface area contributed by atoms with Crippen LogP contribution in [0.15, 0.2) is 0 Å². The predicted molar refractivity (Wildman–Crippen MR) is 107 cm³/mol. The zero-order chi connectivity index (χ0) is 18.6. The Labute approximate surface area is 160 Å². The summed E-state index contributed by atoms with van der Waals surface area (Å²) in [5, 5.41) is 15.7. The Kier molecular flexibility index (Phi) is 6.34. The summed E-state index contributed by atoms with van der Waals surface area (Å²) in [6.45, 7) is 12.1. The van der Waals surface area contributed by atoms with Crippen molar-refractivity contribution in [2.75, 3.05) is 42.9 Å². The largest absolute Gasteiger partial charge is 0.344 e. The predicted octanol–water partition coefficient (Wildman–Crippen LogP) is 3.16. The third-order valence-electron chi connectivity index (χ3n) is 5.15. The molecule has 0 unspecified atom stereocenters. The van der Waals surface area contributed by atoms with Gasteiger partial charge in [0, 0.05) is 32.2 Å². The van der Waals surface area contributed by atoms with Crippen molar-refractivity contribution in [3.8, 4) is 0 Å². The Morgan fingerprint density at radius 1 is 1.15 bits per heavy atom. The topological polar surface area (TPSA) is 73.4 Å². The molecule has 0 aromatic carbocycles. The average molecular weight is 381 g/mol. The molecule has 0 radical (unpaired) electrons. The average Bonchev–Trinajstić information content (AvgIpc) is 3.25. The first-order chi connectivity index (χ1) is 12.4. The highest BCUT2D eigenvalue weighted by Crippen LogP contribution is 2.26. The Morgan fingerprint density at radius 3 is 2.50 bits per heavy atom. The van der Waals surface area contributed by atoms with E-state index in [1.165, 1.54) is 30.6 Å². The molecular formula is C18H32N6OS. The van der Waals surface area contributed by atoms with Gasteiger partial charge in [0.15, 0.2) is 0 Å². The summed E-state index contributed by atoms with van der Waals surface area (Å²) in [5.41, 5.74) is 0.385. The molecule has 0 spiro atoms. The Hall–Kier alpha value is -1.41. The standard InChI is InChI=1S/C18H32N6OS/c1-18(2,3)8-9-23-10-12-24(13-11-23)17-22-21-16(26-17)20-15(25)19-14-6-4-5-7-14/h14H,4-13H2,1-3H3,(H2,19,20,21,25). The lowest BCUT2D eigenvalue weighted by Crippen LogP contribution is -2.47. The Balaban J connectivity index is 1.42. The lowest BCUT2D eigenvalue weighted by molar-refractivity contribution is 0.217. The van der Waals surface area contributed by atoms with Crippen LogP contribution >= 0.6 is 11.3 Å². The number of hydrogen-bond acceptors (Lipinski definition) is 6. The number of aromatic nitrogens is 2. The highest BCUT2D eigenvalue weighted by atomic mass is 32.1. The summed E-state index contributed by atoms with van der Waals surface area (Å²) in [6.07, 6.45) is 5.78. The van der Waals surface area contributed by atoms with E-state index in [9.17, 15) is 4.79 Å². The third-order valence-corrected chi connectivity index (χ3v) is 6.05. The minimum Gasteiger partial charge on any atom is -0.344 e. The fourth-order valence-corrected chi connectivity index (χ4v) is 4.23. The number of hydrogen-bond donors (Lipinski definition) is 2. The van der Waals surface area contributed by atoms with Crippen LogP contribution in [-0.4, -0.2) is 59.9 Å². The minimum absolute atomic E-state index is 0.161. The van der Waals surface area contributed by atoms with E-state index in [0.717, 1.165) is 50.7 Å². The van der Waals surface area contributed by atoms with E-state index in [0.29, 0.717) is 16.6 Å². The number of nitrogens with zero attached hydrogens (tertiary/aromatic N) is 4. The zero-order valence-electron chi connectivity index (χ0n) is 16.3. The van der Waals surface area contributed by atoms with Crippen molar-refractivity contribution in [1.29, 1.82) is 0 Å². The van der Waals surface area contributed by atoms with Crippen LogP contribution in [0.25, 0.3) is 0 Å². The summed E-state index contributed by atoms with van der Waals surface area (Å²) in [4.78, 5) is 16.8. The van der Waals surface area contributed by atoms with Crippen molar-refractivity contribution in [1.82, 2.24) is 20.4 Å². The molecule has 3 rings (SSSR count). The molecule has 1 aliphatic heterocycles. The number of rotatable bonds is 5. The van der Waals surface area contributed by atoms with Crippen molar-refractivity contribution in [2.45, 2.75) is 58.9 Å². The monoisotopic (exact) mass is 380 g/mol. The number of piperazine rings is 1. The molecule has 146 valence electrons. The van der Waals surface area contributed by atoms with Crippen molar-refractivity contribution in [3.63, 3.8) is 0 Å². The van der Waals surface area contributed by atoms with E-state index < -0.39 is 0 Å². The third kappa shape index (κ3) is 5.81. The van der Waals surface area contributed by atoms with E-state index in [2.05, 4.69) is 51.4 Å². The number of carbonyl (C=O) groups excluding carboxylic acids is 1. The molecule has 1 saturated heterocycles. The second-order valence-corrected chi connectivity index (χ2v) is 9.56. The maximum absolute atomic E-state index is 12.0. The van der Waals surface area contributed by atoms with E-state index in [4.69, 9.17) is 0 Å². The van der Waals surface area contributed by atoms with Gasteiger partial charge in [-0.2, -0.15) is 0 Å². The van der Waals surface area contributed by atoms with Gasteiger partial charge in [0.1, 0.15) is 0 Å². The lowest BCUT2D eigenvalue weighted by Gasteiger charge is -2.35. The van der Waals surface area contributed by atoms with Crippen molar-refractivity contribution in [2.24, 2.45) is 5.41 Å². The zero-order valence-corrected chi connectivity index (χ0v) is 17.1. The molecule has 2 aliphatic rings. The van der Waals surface area contributed by atoms with Crippen LogP contribution in [0.2, 0.25) is 0 Å². The van der Waals surface area contributed by atoms with Gasteiger partial charge >= 0.3 is 6.03 Å². The van der Waals surface area contributed by atoms with E-state index in [1.54, 1.807) is 0 Å². The first-order valence-corrected chi connectivity index (χ1v) is 10.6. The molecular weight excluding hydrogens is 348 g/mol. The second-order valence-electron chi connectivity index (χ2n) is 8.61. The SMILES string of the molecule is CC(C)(C)CCN1CCN(c2nnc(NC(=O)NC3CCCC3)s2)CC1. The van der Waals surface area contributed by atoms with E-state index in [-0.39, 0.29) is 6.03 Å². The normalized spacial score (nSPS) is 19.7. The molecule has 0 atom stereocenters. The van der Waals surface area contributed by atoms with E-state index >= 15 is 0 Å². The molecule has 1 aromatic rings. The second kappa shape index (κ2) is 8.52. The molecule has 2 N–H and O–H groups in total. The fourth-order valence-electron chi connectivity index (χ4n) is 3.44. The van der Waals surface area contributed by atoms with Crippen molar-refractivity contribution < 1.29 is 4.79 Å². The van der Waals surface area contributed by atoms with Crippen molar-refractivity contribution in [3.05, 3.63) is 0 Å². The molecule has 1 saturated carbocycles. The van der Waals surface area contributed by atoms with Gasteiger partial charge in [0.05, 0.1) is 0 Å². The number of anilines is 2. The maximum Gasteiger partial charge on any atom is 0.321 e. The summed E-state index contributed by atoms with van der Waals surface area (Å²) in [6, 6.07) is 0.148.